The fourth-order valence-corrected chi connectivity index (χ4v) is 4.75. The lowest BCUT2D eigenvalue weighted by Gasteiger charge is -2.21. The quantitative estimate of drug-likeness (QED) is 0.486. The van der Waals surface area contributed by atoms with Gasteiger partial charge in [-0.15, -0.1) is 11.3 Å². The number of hydrogen-bond acceptors (Lipinski definition) is 7. The van der Waals surface area contributed by atoms with Gasteiger partial charge in [-0.1, -0.05) is 16.8 Å². The Morgan fingerprint density at radius 1 is 1.25 bits per heavy atom. The van der Waals surface area contributed by atoms with Crippen molar-refractivity contribution in [3.05, 3.63) is 32.1 Å². The summed E-state index contributed by atoms with van der Waals surface area (Å²) >= 11 is 6.95. The molecule has 0 bridgehead atoms. The molecule has 0 saturated heterocycles. The molecule has 2 aliphatic rings. The van der Waals surface area contributed by atoms with E-state index in [1.165, 1.54) is 6.07 Å². The van der Waals surface area contributed by atoms with Crippen molar-refractivity contribution in [2.75, 3.05) is 11.6 Å². The molecule has 4 rings (SSSR count). The molecular weight excluding hydrogens is 550 g/mol. The number of nitriles is 1. The van der Waals surface area contributed by atoms with Crippen molar-refractivity contribution in [1.82, 2.24) is 15.1 Å². The minimum Gasteiger partial charge on any atom is -0.334 e. The van der Waals surface area contributed by atoms with Crippen LogP contribution in [0.4, 0.5) is 40.9 Å². The molecule has 1 fully saturated rings. The van der Waals surface area contributed by atoms with Crippen molar-refractivity contribution >= 4 is 34.7 Å². The molecule has 1 saturated carbocycles. The van der Waals surface area contributed by atoms with Crippen LogP contribution in [0.25, 0.3) is 0 Å². The zero-order valence-electron chi connectivity index (χ0n) is 17.7. The maximum atomic E-state index is 13.9. The van der Waals surface area contributed by atoms with Crippen molar-refractivity contribution < 1.29 is 39.9 Å². The third-order valence-electron chi connectivity index (χ3n) is 5.44. The summed E-state index contributed by atoms with van der Waals surface area (Å²) in [6.45, 7) is -0.500. The van der Waals surface area contributed by atoms with Gasteiger partial charge >= 0.3 is 18.3 Å². The maximum absolute atomic E-state index is 13.9. The second-order valence-electron chi connectivity index (χ2n) is 8.03. The van der Waals surface area contributed by atoms with Gasteiger partial charge in [0, 0.05) is 11.9 Å². The van der Waals surface area contributed by atoms with E-state index in [2.05, 4.69) is 20.8 Å². The molecule has 0 radical (unpaired) electrons. The van der Waals surface area contributed by atoms with Gasteiger partial charge in [-0.05, 0) is 18.9 Å². The van der Waals surface area contributed by atoms with Crippen LogP contribution in [0.2, 0.25) is 4.34 Å². The average Bonchev–Trinajstić information content (AvgIpc) is 3.08. The fourth-order valence-electron chi connectivity index (χ4n) is 3.44. The summed E-state index contributed by atoms with van der Waals surface area (Å²) in [5.41, 5.74) is -5.82. The molecule has 1 atom stereocenters. The van der Waals surface area contributed by atoms with Crippen molar-refractivity contribution in [1.29, 1.82) is 5.26 Å². The molecule has 3 heterocycles. The predicted molar refractivity (Wildman–Crippen MR) is 107 cm³/mol. The van der Waals surface area contributed by atoms with Crippen LogP contribution in [0.1, 0.15) is 45.4 Å². The molecule has 2 aromatic rings. The van der Waals surface area contributed by atoms with E-state index in [1.54, 1.807) is 0 Å². The smallest absolute Gasteiger partial charge is 0.334 e. The highest BCUT2D eigenvalue weighted by molar-refractivity contribution is 7.16. The van der Waals surface area contributed by atoms with Crippen LogP contribution >= 0.6 is 22.9 Å². The first kappa shape index (κ1) is 26.1. The van der Waals surface area contributed by atoms with Gasteiger partial charge in [-0.2, -0.15) is 50.6 Å². The van der Waals surface area contributed by atoms with Crippen molar-refractivity contribution in [3.8, 4) is 6.07 Å². The zero-order valence-corrected chi connectivity index (χ0v) is 19.2. The topological polar surface area (TPSA) is 98.7 Å². The van der Waals surface area contributed by atoms with E-state index in [0.717, 1.165) is 18.4 Å². The monoisotopic (exact) mass is 561 g/mol. The van der Waals surface area contributed by atoms with Gasteiger partial charge in [-0.3, -0.25) is 9.48 Å². The number of carbonyl (C=O) groups excluding carboxylic acids is 1. The van der Waals surface area contributed by atoms with Gasteiger partial charge in [0.05, 0.1) is 18.2 Å². The first-order valence-electron chi connectivity index (χ1n) is 9.81. The number of aromatic nitrogens is 2. The lowest BCUT2D eigenvalue weighted by atomic mass is 10.1. The maximum Gasteiger partial charge on any atom is 0.459 e. The molecule has 2 aromatic heterocycles. The summed E-state index contributed by atoms with van der Waals surface area (Å²) in [5.74, 6) is -7.72. The van der Waals surface area contributed by atoms with Crippen molar-refractivity contribution in [2.24, 2.45) is 17.4 Å². The number of hydrogen-bond donors (Lipinski definition) is 1. The molecule has 0 aromatic carbocycles. The summed E-state index contributed by atoms with van der Waals surface area (Å²) in [6.07, 6.45) is -11.1. The van der Waals surface area contributed by atoms with Crippen LogP contribution in [0, 0.1) is 11.3 Å². The molecule has 0 spiro atoms. The van der Waals surface area contributed by atoms with Crippen LogP contribution in [0.5, 0.6) is 0 Å². The van der Waals surface area contributed by atoms with Gasteiger partial charge in [0.1, 0.15) is 21.5 Å². The van der Waals surface area contributed by atoms with E-state index in [-0.39, 0.29) is 19.5 Å². The average molecular weight is 562 g/mol. The summed E-state index contributed by atoms with van der Waals surface area (Å²) in [5, 5.41) is 22.3. The van der Waals surface area contributed by atoms with E-state index < -0.39 is 59.4 Å². The van der Waals surface area contributed by atoms with E-state index in [1.807, 2.05) is 6.07 Å². The summed E-state index contributed by atoms with van der Waals surface area (Å²) in [4.78, 5) is 12.7. The Labute approximate surface area is 205 Å². The molecule has 194 valence electrons. The number of alkyl halides is 8. The number of aryl methyl sites for hydroxylation is 1. The fraction of sp³-hybridized carbons (Fsp3) is 0.500. The Morgan fingerprint density at radius 3 is 2.42 bits per heavy atom. The van der Waals surface area contributed by atoms with Gasteiger partial charge in [0.15, 0.2) is 11.5 Å². The van der Waals surface area contributed by atoms with Gasteiger partial charge in [0.2, 0.25) is 0 Å². The molecule has 1 aliphatic heterocycles. The standard InChI is InChI=1S/C18H12ClF8N7OS/c1-33-14(10(17(22,23)24)11(31-33)16(20,21)18(25,26)27)34-5-8(30-32-34)9-4-7(12(19)36-9)13(35)29-15(6-28)2-3-15/h4,8H,2-3,5H2,1H3,(H,29,35). The Hall–Kier alpha value is -3.00. The second-order valence-corrected chi connectivity index (χ2v) is 9.71. The molecule has 18 heteroatoms. The normalized spacial score (nSPS) is 19.5. The highest BCUT2D eigenvalue weighted by Crippen LogP contribution is 2.51. The number of nitrogens with one attached hydrogen (secondary N) is 1. The van der Waals surface area contributed by atoms with Crippen molar-refractivity contribution in [3.63, 3.8) is 0 Å². The number of thiophene rings is 1. The Bertz CT molecular complexity index is 1290. The minimum atomic E-state index is -6.33. The van der Waals surface area contributed by atoms with Crippen LogP contribution in [0.15, 0.2) is 16.4 Å². The van der Waals surface area contributed by atoms with Crippen LogP contribution in [-0.4, -0.2) is 33.9 Å². The SMILES string of the molecule is Cn1nc(C(F)(F)C(F)(F)F)c(C(F)(F)F)c1N1CC(c2cc(C(=O)NC3(C#N)CC3)c(Cl)s2)N=N1. The number of rotatable bonds is 5. The third kappa shape index (κ3) is 4.36. The summed E-state index contributed by atoms with van der Waals surface area (Å²) in [7, 11) is 0.761. The lowest BCUT2D eigenvalue weighted by Crippen LogP contribution is -2.36. The van der Waals surface area contributed by atoms with Gasteiger partial charge in [-0.25, -0.2) is 5.01 Å². The van der Waals surface area contributed by atoms with Gasteiger partial charge < -0.3 is 5.32 Å². The molecule has 1 amide bonds. The first-order valence-corrected chi connectivity index (χ1v) is 11.0. The Kier molecular flexibility index (Phi) is 5.99. The number of nitrogens with zero attached hydrogens (tertiary/aromatic N) is 6. The lowest BCUT2D eigenvalue weighted by molar-refractivity contribution is -0.292. The highest BCUT2D eigenvalue weighted by Gasteiger charge is 2.64. The Balaban J connectivity index is 1.63. The van der Waals surface area contributed by atoms with E-state index in [4.69, 9.17) is 16.9 Å². The predicted octanol–water partition coefficient (Wildman–Crippen LogP) is 5.52. The van der Waals surface area contributed by atoms with E-state index >= 15 is 0 Å². The number of carbonyl (C=O) groups is 1. The third-order valence-corrected chi connectivity index (χ3v) is 6.90. The highest BCUT2D eigenvalue weighted by atomic mass is 35.5. The zero-order chi connectivity index (χ0) is 26.8. The molecule has 36 heavy (non-hydrogen) atoms. The Morgan fingerprint density at radius 2 is 1.89 bits per heavy atom. The molecular formula is C18H12ClF8N7OS. The molecule has 8 nitrogen and oxygen atoms in total. The number of anilines is 1. The minimum absolute atomic E-state index is 0.00601. The van der Waals surface area contributed by atoms with Crippen LogP contribution < -0.4 is 10.3 Å². The molecule has 1 aliphatic carbocycles. The van der Waals surface area contributed by atoms with Crippen LogP contribution in [0.3, 0.4) is 0 Å². The summed E-state index contributed by atoms with van der Waals surface area (Å²) < 4.78 is 108. The first-order chi connectivity index (χ1) is 16.5. The molecule has 1 N–H and O–H groups in total. The van der Waals surface area contributed by atoms with E-state index in [0.29, 0.717) is 17.9 Å². The summed E-state index contributed by atoms with van der Waals surface area (Å²) in [6, 6.07) is 2.23. The van der Waals surface area contributed by atoms with Crippen LogP contribution in [-0.2, 0) is 19.1 Å². The number of halogens is 9. The van der Waals surface area contributed by atoms with Gasteiger partial charge in [0.25, 0.3) is 5.91 Å². The second kappa shape index (κ2) is 8.26. The van der Waals surface area contributed by atoms with Crippen molar-refractivity contribution in [2.45, 2.75) is 42.7 Å². The number of amides is 1. The van der Waals surface area contributed by atoms with E-state index in [9.17, 15) is 39.9 Å². The molecule has 1 unspecified atom stereocenters. The largest absolute Gasteiger partial charge is 0.459 e.